The predicted molar refractivity (Wildman–Crippen MR) is 70.8 cm³/mol. The summed E-state index contributed by atoms with van der Waals surface area (Å²) < 4.78 is 0. The number of hydrogen-bond acceptors (Lipinski definition) is 3. The van der Waals surface area contributed by atoms with E-state index in [1.54, 1.807) is 0 Å². The molecule has 1 amide bonds. The lowest BCUT2D eigenvalue weighted by atomic mass is 9.86. The molecule has 1 fully saturated rings. The zero-order valence-electron chi connectivity index (χ0n) is 10.9. The second kappa shape index (κ2) is 5.96. The average Bonchev–Trinajstić information content (AvgIpc) is 2.37. The molecule has 0 radical (unpaired) electrons. The van der Waals surface area contributed by atoms with Crippen molar-refractivity contribution in [2.45, 2.75) is 45.2 Å². The Bertz CT molecular complexity index is 411. The first-order valence-electron chi connectivity index (χ1n) is 6.61. The number of carbonyl (C=O) groups is 1. The Morgan fingerprint density at radius 3 is 2.78 bits per heavy atom. The maximum Gasteiger partial charge on any atom is 0.223 e. The van der Waals surface area contributed by atoms with Crippen LogP contribution in [0.25, 0.3) is 0 Å². The minimum atomic E-state index is 0.134. The third-order valence-electron chi connectivity index (χ3n) is 3.53. The van der Waals surface area contributed by atoms with E-state index in [-0.39, 0.29) is 17.9 Å². The molecule has 3 N–H and O–H groups in total. The highest BCUT2D eigenvalue weighted by atomic mass is 16.1. The highest BCUT2D eigenvalue weighted by Crippen LogP contribution is 2.23. The maximum atomic E-state index is 12.0. The van der Waals surface area contributed by atoms with E-state index >= 15 is 0 Å². The summed E-state index contributed by atoms with van der Waals surface area (Å²) in [5.74, 6) is 0.278. The molecule has 0 saturated heterocycles. The Morgan fingerprint density at radius 1 is 1.39 bits per heavy atom. The molecular formula is C14H21N3O. The summed E-state index contributed by atoms with van der Waals surface area (Å²) in [7, 11) is 0. The van der Waals surface area contributed by atoms with Gasteiger partial charge in [0.25, 0.3) is 0 Å². The first kappa shape index (κ1) is 13.0. The molecule has 1 saturated carbocycles. The lowest BCUT2D eigenvalue weighted by Crippen LogP contribution is -2.36. The Balaban J connectivity index is 1.81. The van der Waals surface area contributed by atoms with Crippen LogP contribution in [-0.2, 0) is 11.3 Å². The van der Waals surface area contributed by atoms with Crippen LogP contribution >= 0.6 is 0 Å². The van der Waals surface area contributed by atoms with Crippen LogP contribution in [0.1, 0.15) is 37.1 Å². The minimum absolute atomic E-state index is 0.134. The number of amides is 1. The second-order valence-electron chi connectivity index (χ2n) is 5.10. The summed E-state index contributed by atoms with van der Waals surface area (Å²) in [5, 5.41) is 2.97. The predicted octanol–water partition coefficient (Wildman–Crippen LogP) is 1.52. The van der Waals surface area contributed by atoms with Crippen molar-refractivity contribution in [1.82, 2.24) is 10.3 Å². The standard InChI is InChI=1S/C14H21N3O/c1-10-3-2-4-13(17-10)9-16-14(18)11-5-7-12(15)8-6-11/h2-4,11-12H,5-9,15H2,1H3,(H,16,18). The smallest absolute Gasteiger partial charge is 0.223 e. The summed E-state index contributed by atoms with van der Waals surface area (Å²) >= 11 is 0. The van der Waals surface area contributed by atoms with Gasteiger partial charge in [0.05, 0.1) is 12.2 Å². The van der Waals surface area contributed by atoms with Gasteiger partial charge in [0.15, 0.2) is 0 Å². The van der Waals surface area contributed by atoms with Crippen LogP contribution < -0.4 is 11.1 Å². The first-order valence-corrected chi connectivity index (χ1v) is 6.61. The van der Waals surface area contributed by atoms with Gasteiger partial charge in [-0.15, -0.1) is 0 Å². The molecule has 2 rings (SSSR count). The Morgan fingerprint density at radius 2 is 2.11 bits per heavy atom. The van der Waals surface area contributed by atoms with Crippen molar-refractivity contribution in [2.75, 3.05) is 0 Å². The molecule has 0 spiro atoms. The third-order valence-corrected chi connectivity index (χ3v) is 3.53. The monoisotopic (exact) mass is 247 g/mol. The fraction of sp³-hybridized carbons (Fsp3) is 0.571. The van der Waals surface area contributed by atoms with Gasteiger partial charge in [-0.3, -0.25) is 9.78 Å². The third kappa shape index (κ3) is 3.53. The number of nitrogens with two attached hydrogens (primary N) is 1. The summed E-state index contributed by atoms with van der Waals surface area (Å²) in [5.41, 5.74) is 7.73. The molecule has 1 aromatic rings. The Labute approximate surface area is 108 Å². The molecule has 0 aromatic carbocycles. The van der Waals surface area contributed by atoms with Gasteiger partial charge >= 0.3 is 0 Å². The largest absolute Gasteiger partial charge is 0.350 e. The normalized spacial score (nSPS) is 23.7. The van der Waals surface area contributed by atoms with Crippen LogP contribution in [0.5, 0.6) is 0 Å². The molecule has 4 nitrogen and oxygen atoms in total. The molecule has 1 aliphatic carbocycles. The van der Waals surface area contributed by atoms with Gasteiger partial charge in [-0.1, -0.05) is 6.07 Å². The summed E-state index contributed by atoms with van der Waals surface area (Å²) in [6.07, 6.45) is 3.74. The van der Waals surface area contributed by atoms with Crippen molar-refractivity contribution in [1.29, 1.82) is 0 Å². The van der Waals surface area contributed by atoms with Crippen LogP contribution in [0.15, 0.2) is 18.2 Å². The van der Waals surface area contributed by atoms with Gasteiger partial charge in [0, 0.05) is 17.7 Å². The van der Waals surface area contributed by atoms with Gasteiger partial charge in [-0.25, -0.2) is 0 Å². The van der Waals surface area contributed by atoms with E-state index in [1.807, 2.05) is 25.1 Å². The van der Waals surface area contributed by atoms with E-state index in [0.717, 1.165) is 37.1 Å². The lowest BCUT2D eigenvalue weighted by molar-refractivity contribution is -0.126. The van der Waals surface area contributed by atoms with E-state index < -0.39 is 0 Å². The van der Waals surface area contributed by atoms with E-state index in [0.29, 0.717) is 6.54 Å². The second-order valence-corrected chi connectivity index (χ2v) is 5.10. The van der Waals surface area contributed by atoms with Gasteiger partial charge in [-0.05, 0) is 44.7 Å². The molecule has 18 heavy (non-hydrogen) atoms. The molecule has 0 unspecified atom stereocenters. The van der Waals surface area contributed by atoms with E-state index in [2.05, 4.69) is 10.3 Å². The van der Waals surface area contributed by atoms with Gasteiger partial charge in [0.2, 0.25) is 5.91 Å². The quantitative estimate of drug-likeness (QED) is 0.851. The molecule has 1 aromatic heterocycles. The van der Waals surface area contributed by atoms with Crippen LogP contribution in [0.4, 0.5) is 0 Å². The van der Waals surface area contributed by atoms with Crippen LogP contribution in [0, 0.1) is 12.8 Å². The van der Waals surface area contributed by atoms with Crippen molar-refractivity contribution < 1.29 is 4.79 Å². The fourth-order valence-corrected chi connectivity index (χ4v) is 2.40. The lowest BCUT2D eigenvalue weighted by Gasteiger charge is -2.25. The number of hydrogen-bond donors (Lipinski definition) is 2. The van der Waals surface area contributed by atoms with Crippen LogP contribution in [0.2, 0.25) is 0 Å². The summed E-state index contributed by atoms with van der Waals surface area (Å²) in [6, 6.07) is 6.13. The highest BCUT2D eigenvalue weighted by Gasteiger charge is 2.24. The Kier molecular flexibility index (Phi) is 4.31. The number of rotatable bonds is 3. The number of aryl methyl sites for hydroxylation is 1. The highest BCUT2D eigenvalue weighted by molar-refractivity contribution is 5.78. The molecule has 0 aliphatic heterocycles. The zero-order valence-corrected chi connectivity index (χ0v) is 10.9. The molecule has 1 aliphatic rings. The van der Waals surface area contributed by atoms with Gasteiger partial charge < -0.3 is 11.1 Å². The molecule has 1 heterocycles. The summed E-state index contributed by atoms with van der Waals surface area (Å²) in [4.78, 5) is 16.4. The molecular weight excluding hydrogens is 226 g/mol. The van der Waals surface area contributed by atoms with Gasteiger partial charge in [-0.2, -0.15) is 0 Å². The minimum Gasteiger partial charge on any atom is -0.350 e. The van der Waals surface area contributed by atoms with Crippen molar-refractivity contribution >= 4 is 5.91 Å². The van der Waals surface area contributed by atoms with Crippen molar-refractivity contribution in [2.24, 2.45) is 11.7 Å². The number of carbonyl (C=O) groups excluding carboxylic acids is 1. The van der Waals surface area contributed by atoms with E-state index in [9.17, 15) is 4.79 Å². The molecule has 4 heteroatoms. The fourth-order valence-electron chi connectivity index (χ4n) is 2.40. The molecule has 0 bridgehead atoms. The molecule has 98 valence electrons. The zero-order chi connectivity index (χ0) is 13.0. The number of aromatic nitrogens is 1. The maximum absolute atomic E-state index is 12.0. The van der Waals surface area contributed by atoms with Crippen molar-refractivity contribution in [3.63, 3.8) is 0 Å². The average molecular weight is 247 g/mol. The first-order chi connectivity index (χ1) is 8.65. The number of pyridine rings is 1. The van der Waals surface area contributed by atoms with Crippen LogP contribution in [0.3, 0.4) is 0 Å². The van der Waals surface area contributed by atoms with E-state index in [4.69, 9.17) is 5.73 Å². The number of nitrogens with zero attached hydrogens (tertiary/aromatic N) is 1. The SMILES string of the molecule is Cc1cccc(CNC(=O)C2CCC(N)CC2)n1. The Hall–Kier alpha value is -1.42. The summed E-state index contributed by atoms with van der Waals surface area (Å²) in [6.45, 7) is 2.47. The van der Waals surface area contributed by atoms with Crippen molar-refractivity contribution in [3.05, 3.63) is 29.6 Å². The van der Waals surface area contributed by atoms with Crippen LogP contribution in [-0.4, -0.2) is 16.9 Å². The van der Waals surface area contributed by atoms with Crippen molar-refractivity contribution in [3.8, 4) is 0 Å². The number of nitrogens with one attached hydrogen (secondary N) is 1. The van der Waals surface area contributed by atoms with E-state index in [1.165, 1.54) is 0 Å². The topological polar surface area (TPSA) is 68.0 Å². The molecule has 0 atom stereocenters. The van der Waals surface area contributed by atoms with Gasteiger partial charge in [0.1, 0.15) is 0 Å².